The van der Waals surface area contributed by atoms with Gasteiger partial charge in [0.15, 0.2) is 23.0 Å². The van der Waals surface area contributed by atoms with Crippen molar-refractivity contribution in [1.82, 2.24) is 0 Å². The lowest BCUT2D eigenvalue weighted by Gasteiger charge is -2.12. The molecule has 118 valence electrons. The molecular weight excluding hydrogens is 296 g/mol. The quantitative estimate of drug-likeness (QED) is 0.791. The molecule has 5 heteroatoms. The van der Waals surface area contributed by atoms with E-state index in [2.05, 4.69) is 6.58 Å². The molecule has 0 fully saturated rings. The van der Waals surface area contributed by atoms with Crippen LogP contribution in [0, 0.1) is 0 Å². The first-order valence-corrected chi connectivity index (χ1v) is 7.38. The van der Waals surface area contributed by atoms with Crippen molar-refractivity contribution in [3.63, 3.8) is 0 Å². The van der Waals surface area contributed by atoms with Crippen molar-refractivity contribution < 1.29 is 23.7 Å². The lowest BCUT2D eigenvalue weighted by atomic mass is 10.1. The number of hydrogen-bond donors (Lipinski definition) is 0. The second kappa shape index (κ2) is 5.76. The zero-order chi connectivity index (χ0) is 15.6. The highest BCUT2D eigenvalue weighted by Crippen LogP contribution is 2.39. The minimum absolute atomic E-state index is 0.245. The Morgan fingerprint density at radius 1 is 0.913 bits per heavy atom. The predicted octanol–water partition coefficient (Wildman–Crippen LogP) is 3.45. The monoisotopic (exact) mass is 312 g/mol. The molecule has 0 spiro atoms. The van der Waals surface area contributed by atoms with Gasteiger partial charge >= 0.3 is 0 Å². The molecule has 23 heavy (non-hydrogen) atoms. The summed E-state index contributed by atoms with van der Waals surface area (Å²) in [6.07, 6.45) is 2.54. The summed E-state index contributed by atoms with van der Waals surface area (Å²) in [7, 11) is 0. The highest BCUT2D eigenvalue weighted by atomic mass is 16.7. The van der Waals surface area contributed by atoms with Crippen LogP contribution in [0.5, 0.6) is 28.7 Å². The van der Waals surface area contributed by atoms with Crippen LogP contribution in [-0.4, -0.2) is 13.6 Å². The van der Waals surface area contributed by atoms with Crippen LogP contribution in [0.25, 0.3) is 0 Å². The molecule has 0 bridgehead atoms. The van der Waals surface area contributed by atoms with E-state index in [-0.39, 0.29) is 13.6 Å². The molecule has 2 aliphatic heterocycles. The van der Waals surface area contributed by atoms with Gasteiger partial charge < -0.3 is 23.7 Å². The number of ether oxygens (including phenoxy) is 5. The molecule has 0 aliphatic carbocycles. The summed E-state index contributed by atoms with van der Waals surface area (Å²) in [6.45, 7) is 4.73. The van der Waals surface area contributed by atoms with E-state index in [1.165, 1.54) is 0 Å². The SMILES string of the molecule is C=CCc1cc2c(cc1OCc1ccc3c(c1)OCO3)OCO2. The third-order valence-electron chi connectivity index (χ3n) is 3.75. The Labute approximate surface area is 134 Å². The van der Waals surface area contributed by atoms with E-state index < -0.39 is 0 Å². The normalized spacial score (nSPS) is 13.9. The Morgan fingerprint density at radius 3 is 2.39 bits per heavy atom. The van der Waals surface area contributed by atoms with E-state index in [0.717, 1.165) is 34.1 Å². The molecule has 0 amide bonds. The summed E-state index contributed by atoms with van der Waals surface area (Å²) in [5.74, 6) is 3.75. The molecule has 2 aromatic carbocycles. The molecule has 0 radical (unpaired) electrons. The number of rotatable bonds is 5. The summed E-state index contributed by atoms with van der Waals surface area (Å²) in [6, 6.07) is 9.61. The minimum atomic E-state index is 0.245. The van der Waals surface area contributed by atoms with Crippen LogP contribution in [0.4, 0.5) is 0 Å². The average Bonchev–Trinajstić information content (AvgIpc) is 3.20. The molecule has 0 unspecified atom stereocenters. The summed E-state index contributed by atoms with van der Waals surface area (Å²) in [4.78, 5) is 0. The van der Waals surface area contributed by atoms with E-state index in [4.69, 9.17) is 23.7 Å². The summed E-state index contributed by atoms with van der Waals surface area (Å²) in [5, 5.41) is 0. The number of hydrogen-bond acceptors (Lipinski definition) is 5. The third kappa shape index (κ3) is 2.65. The summed E-state index contributed by atoms with van der Waals surface area (Å²) in [5.41, 5.74) is 2.03. The largest absolute Gasteiger partial charge is 0.488 e. The molecule has 5 nitrogen and oxygen atoms in total. The van der Waals surface area contributed by atoms with Crippen molar-refractivity contribution in [2.24, 2.45) is 0 Å². The fourth-order valence-electron chi connectivity index (χ4n) is 2.61. The second-order valence-corrected chi connectivity index (χ2v) is 5.28. The van der Waals surface area contributed by atoms with Crippen LogP contribution in [0.2, 0.25) is 0 Å². The number of benzene rings is 2. The summed E-state index contributed by atoms with van der Waals surface area (Å²) >= 11 is 0. The highest BCUT2D eigenvalue weighted by molar-refractivity contribution is 5.52. The van der Waals surface area contributed by atoms with Gasteiger partial charge in [-0.25, -0.2) is 0 Å². The third-order valence-corrected chi connectivity index (χ3v) is 3.75. The first-order valence-electron chi connectivity index (χ1n) is 7.38. The maximum absolute atomic E-state index is 5.98. The van der Waals surface area contributed by atoms with Crippen molar-refractivity contribution in [2.45, 2.75) is 13.0 Å². The molecule has 2 aromatic rings. The Morgan fingerprint density at radius 2 is 1.61 bits per heavy atom. The smallest absolute Gasteiger partial charge is 0.231 e. The molecule has 0 saturated carbocycles. The van der Waals surface area contributed by atoms with Crippen molar-refractivity contribution >= 4 is 0 Å². The fraction of sp³-hybridized carbons (Fsp3) is 0.222. The van der Waals surface area contributed by atoms with Crippen molar-refractivity contribution in [3.8, 4) is 28.7 Å². The Kier molecular flexibility index (Phi) is 3.46. The Bertz CT molecular complexity index is 753. The van der Waals surface area contributed by atoms with Crippen LogP contribution >= 0.6 is 0 Å². The van der Waals surface area contributed by atoms with E-state index in [0.29, 0.717) is 18.8 Å². The van der Waals surface area contributed by atoms with Crippen molar-refractivity contribution in [2.75, 3.05) is 13.6 Å². The molecule has 2 heterocycles. The van der Waals surface area contributed by atoms with Gasteiger partial charge in [0.05, 0.1) is 0 Å². The lowest BCUT2D eigenvalue weighted by molar-refractivity contribution is 0.173. The summed E-state index contributed by atoms with van der Waals surface area (Å²) < 4.78 is 27.5. The Balaban J connectivity index is 1.55. The standard InChI is InChI=1S/C18H16O5/c1-2-3-13-7-17-18(23-11-22-17)8-15(13)19-9-12-4-5-14-16(6-12)21-10-20-14/h2,4-8H,1,3,9-11H2. The first-order chi connectivity index (χ1) is 11.3. The Hall–Kier alpha value is -2.82. The zero-order valence-electron chi connectivity index (χ0n) is 12.5. The molecular formula is C18H16O5. The lowest BCUT2D eigenvalue weighted by Crippen LogP contribution is -1.99. The van der Waals surface area contributed by atoms with Gasteiger partial charge in [-0.1, -0.05) is 12.1 Å². The zero-order valence-corrected chi connectivity index (χ0v) is 12.5. The van der Waals surface area contributed by atoms with Gasteiger partial charge in [-0.3, -0.25) is 0 Å². The van der Waals surface area contributed by atoms with Crippen molar-refractivity contribution in [1.29, 1.82) is 0 Å². The van der Waals surface area contributed by atoms with E-state index in [1.54, 1.807) is 0 Å². The fourth-order valence-corrected chi connectivity index (χ4v) is 2.61. The van der Waals surface area contributed by atoms with Gasteiger partial charge in [0.1, 0.15) is 12.4 Å². The van der Waals surface area contributed by atoms with Gasteiger partial charge in [0.2, 0.25) is 13.6 Å². The van der Waals surface area contributed by atoms with E-state index in [1.807, 2.05) is 36.4 Å². The number of fused-ring (bicyclic) bond motifs is 2. The first kappa shape index (κ1) is 13.8. The van der Waals surface area contributed by atoms with Gasteiger partial charge in [-0.15, -0.1) is 6.58 Å². The average molecular weight is 312 g/mol. The van der Waals surface area contributed by atoms with Crippen LogP contribution in [0.1, 0.15) is 11.1 Å². The van der Waals surface area contributed by atoms with E-state index >= 15 is 0 Å². The molecule has 0 saturated heterocycles. The van der Waals surface area contributed by atoms with Gasteiger partial charge in [0.25, 0.3) is 0 Å². The minimum Gasteiger partial charge on any atom is -0.488 e. The van der Waals surface area contributed by atoms with Crippen LogP contribution < -0.4 is 23.7 Å². The highest BCUT2D eigenvalue weighted by Gasteiger charge is 2.18. The maximum Gasteiger partial charge on any atom is 0.231 e. The maximum atomic E-state index is 5.98. The van der Waals surface area contributed by atoms with Gasteiger partial charge in [-0.05, 0) is 30.2 Å². The molecule has 0 atom stereocenters. The molecule has 0 aromatic heterocycles. The predicted molar refractivity (Wildman–Crippen MR) is 83.4 cm³/mol. The van der Waals surface area contributed by atoms with Gasteiger partial charge in [0, 0.05) is 11.6 Å². The van der Waals surface area contributed by atoms with Crippen molar-refractivity contribution in [3.05, 3.63) is 54.1 Å². The van der Waals surface area contributed by atoms with Crippen LogP contribution in [-0.2, 0) is 13.0 Å². The molecule has 0 N–H and O–H groups in total. The number of allylic oxidation sites excluding steroid dienone is 1. The molecule has 4 rings (SSSR count). The van der Waals surface area contributed by atoms with Crippen LogP contribution in [0.15, 0.2) is 43.0 Å². The second-order valence-electron chi connectivity index (χ2n) is 5.28. The van der Waals surface area contributed by atoms with Crippen LogP contribution in [0.3, 0.4) is 0 Å². The molecule has 2 aliphatic rings. The van der Waals surface area contributed by atoms with E-state index in [9.17, 15) is 0 Å². The van der Waals surface area contributed by atoms with Gasteiger partial charge in [-0.2, -0.15) is 0 Å². The topological polar surface area (TPSA) is 46.2 Å².